The van der Waals surface area contributed by atoms with Crippen molar-refractivity contribution in [3.63, 3.8) is 0 Å². The highest BCUT2D eigenvalue weighted by molar-refractivity contribution is 7.11. The fraction of sp³-hybridized carbons (Fsp3) is 0.769. The quantitative estimate of drug-likeness (QED) is 0.897. The molecule has 1 aliphatic rings. The van der Waals surface area contributed by atoms with Gasteiger partial charge < -0.3 is 5.73 Å². The smallest absolute Gasteiger partial charge is 0.110 e. The van der Waals surface area contributed by atoms with E-state index in [1.807, 2.05) is 11.3 Å². The topological polar surface area (TPSA) is 42.1 Å². The molecule has 2 rings (SSSR count). The van der Waals surface area contributed by atoms with Crippen LogP contribution in [0.5, 0.6) is 0 Å². The van der Waals surface area contributed by atoms with Crippen molar-refractivity contribution in [2.24, 2.45) is 5.73 Å². The summed E-state index contributed by atoms with van der Waals surface area (Å²) in [5.41, 5.74) is 7.45. The highest BCUT2D eigenvalue weighted by Gasteiger charge is 2.23. The summed E-state index contributed by atoms with van der Waals surface area (Å²) < 4.78 is 0. The van der Waals surface area contributed by atoms with Crippen LogP contribution in [0.4, 0.5) is 0 Å². The predicted molar refractivity (Wildman–Crippen MR) is 73.2 cm³/mol. The normalized spacial score (nSPS) is 18.4. The summed E-state index contributed by atoms with van der Waals surface area (Å²) in [4.78, 5) is 8.68. The molecule has 1 aromatic rings. The number of fused-ring (bicyclic) bond motifs is 1. The number of nitrogens with two attached hydrogens (primary N) is 1. The van der Waals surface area contributed by atoms with Gasteiger partial charge in [-0.1, -0.05) is 13.3 Å². The van der Waals surface area contributed by atoms with E-state index in [-0.39, 0.29) is 6.04 Å². The second-order valence-corrected chi connectivity index (χ2v) is 6.25. The van der Waals surface area contributed by atoms with Crippen LogP contribution in [-0.2, 0) is 13.0 Å². The molecule has 17 heavy (non-hydrogen) atoms. The van der Waals surface area contributed by atoms with Gasteiger partial charge >= 0.3 is 0 Å². The molecule has 0 saturated carbocycles. The summed E-state index contributed by atoms with van der Waals surface area (Å²) in [6, 6.07) is 0.765. The van der Waals surface area contributed by atoms with Crippen LogP contribution in [0.1, 0.15) is 55.2 Å². The first kappa shape index (κ1) is 13.0. The Bertz CT molecular complexity index is 373. The molecular formula is C13H23N3S. The number of hydrogen-bond donors (Lipinski definition) is 1. The van der Waals surface area contributed by atoms with Crippen molar-refractivity contribution in [2.75, 3.05) is 6.54 Å². The summed E-state index contributed by atoms with van der Waals surface area (Å²) >= 11 is 1.83. The minimum Gasteiger partial charge on any atom is -0.322 e. The maximum atomic E-state index is 6.15. The lowest BCUT2D eigenvalue weighted by Gasteiger charge is -2.29. The lowest BCUT2D eigenvalue weighted by atomic mass is 10.1. The van der Waals surface area contributed by atoms with E-state index in [1.165, 1.54) is 10.6 Å². The molecule has 1 aromatic heterocycles. The molecule has 96 valence electrons. The molecule has 0 aromatic carbocycles. The largest absolute Gasteiger partial charge is 0.322 e. The summed E-state index contributed by atoms with van der Waals surface area (Å²) in [5.74, 6) is 0. The van der Waals surface area contributed by atoms with Gasteiger partial charge in [0.15, 0.2) is 0 Å². The van der Waals surface area contributed by atoms with Crippen LogP contribution >= 0.6 is 11.3 Å². The van der Waals surface area contributed by atoms with Gasteiger partial charge in [0, 0.05) is 30.4 Å². The Hall–Kier alpha value is -0.450. The Morgan fingerprint density at radius 1 is 1.47 bits per heavy atom. The summed E-state index contributed by atoms with van der Waals surface area (Å²) in [5, 5.41) is 1.14. The van der Waals surface area contributed by atoms with Gasteiger partial charge in [-0.15, -0.1) is 11.3 Å². The number of hydrogen-bond acceptors (Lipinski definition) is 4. The van der Waals surface area contributed by atoms with E-state index in [1.54, 1.807) is 0 Å². The molecule has 0 fully saturated rings. The van der Waals surface area contributed by atoms with E-state index >= 15 is 0 Å². The lowest BCUT2D eigenvalue weighted by molar-refractivity contribution is 0.205. The first-order chi connectivity index (χ1) is 8.11. The van der Waals surface area contributed by atoms with Crippen molar-refractivity contribution in [1.29, 1.82) is 0 Å². The lowest BCUT2D eigenvalue weighted by Crippen LogP contribution is -2.35. The van der Waals surface area contributed by atoms with Crippen LogP contribution in [0, 0.1) is 0 Å². The third-order valence-corrected chi connectivity index (χ3v) is 4.64. The molecule has 0 saturated heterocycles. The monoisotopic (exact) mass is 253 g/mol. The van der Waals surface area contributed by atoms with Gasteiger partial charge in [-0.3, -0.25) is 4.90 Å². The molecule has 1 unspecified atom stereocenters. The zero-order chi connectivity index (χ0) is 12.4. The summed E-state index contributed by atoms with van der Waals surface area (Å²) in [6.45, 7) is 8.89. The number of nitrogens with zero attached hydrogens (tertiary/aromatic N) is 2. The molecule has 3 nitrogen and oxygen atoms in total. The van der Waals surface area contributed by atoms with Gasteiger partial charge in [0.1, 0.15) is 5.01 Å². The highest BCUT2D eigenvalue weighted by atomic mass is 32.1. The number of rotatable bonds is 4. The average molecular weight is 253 g/mol. The van der Waals surface area contributed by atoms with Crippen LogP contribution in [0.2, 0.25) is 0 Å². The van der Waals surface area contributed by atoms with Crippen molar-refractivity contribution >= 4 is 11.3 Å². The van der Waals surface area contributed by atoms with Gasteiger partial charge in [0.25, 0.3) is 0 Å². The first-order valence-electron chi connectivity index (χ1n) is 6.60. The third-order valence-electron chi connectivity index (χ3n) is 3.42. The highest BCUT2D eigenvalue weighted by Crippen LogP contribution is 2.29. The van der Waals surface area contributed by atoms with Crippen molar-refractivity contribution in [1.82, 2.24) is 9.88 Å². The zero-order valence-corrected chi connectivity index (χ0v) is 11.9. The Morgan fingerprint density at radius 2 is 2.24 bits per heavy atom. The summed E-state index contributed by atoms with van der Waals surface area (Å²) in [6.07, 6.45) is 3.26. The number of thiazole rings is 1. The fourth-order valence-electron chi connectivity index (χ4n) is 2.27. The fourth-order valence-corrected chi connectivity index (χ4v) is 3.44. The second kappa shape index (κ2) is 5.46. The van der Waals surface area contributed by atoms with E-state index in [0.29, 0.717) is 6.04 Å². The van der Waals surface area contributed by atoms with E-state index in [0.717, 1.165) is 37.4 Å². The van der Waals surface area contributed by atoms with E-state index < -0.39 is 0 Å². The maximum Gasteiger partial charge on any atom is 0.110 e. The minimum atomic E-state index is 0.142. The van der Waals surface area contributed by atoms with Crippen LogP contribution in [0.3, 0.4) is 0 Å². The van der Waals surface area contributed by atoms with Crippen molar-refractivity contribution < 1.29 is 0 Å². The second-order valence-electron chi connectivity index (χ2n) is 5.13. The Labute approximate surface area is 108 Å². The minimum absolute atomic E-state index is 0.142. The first-order valence-corrected chi connectivity index (χ1v) is 7.41. The molecular weight excluding hydrogens is 230 g/mol. The summed E-state index contributed by atoms with van der Waals surface area (Å²) in [7, 11) is 0. The molecule has 0 aliphatic carbocycles. The van der Waals surface area contributed by atoms with E-state index in [9.17, 15) is 0 Å². The third kappa shape index (κ3) is 2.87. The molecule has 4 heteroatoms. The standard InChI is InChI=1S/C13H23N3S/c1-4-5-10(14)13-15-11-6-7-16(9(2)3)8-12(11)17-13/h9-10H,4-8,14H2,1-3H3. The van der Waals surface area contributed by atoms with Crippen LogP contribution < -0.4 is 5.73 Å². The molecule has 1 atom stereocenters. The maximum absolute atomic E-state index is 6.15. The number of aromatic nitrogens is 1. The van der Waals surface area contributed by atoms with Crippen LogP contribution in [0.15, 0.2) is 0 Å². The predicted octanol–water partition coefficient (Wildman–Crippen LogP) is 2.71. The van der Waals surface area contributed by atoms with Gasteiger partial charge in [-0.25, -0.2) is 4.98 Å². The molecule has 2 heterocycles. The molecule has 0 bridgehead atoms. The molecule has 0 spiro atoms. The van der Waals surface area contributed by atoms with Crippen LogP contribution in [-0.4, -0.2) is 22.5 Å². The Morgan fingerprint density at radius 3 is 2.88 bits per heavy atom. The average Bonchev–Trinajstić information content (AvgIpc) is 2.71. The van der Waals surface area contributed by atoms with Gasteiger partial charge in [-0.05, 0) is 20.3 Å². The van der Waals surface area contributed by atoms with Gasteiger partial charge in [-0.2, -0.15) is 0 Å². The van der Waals surface area contributed by atoms with Crippen LogP contribution in [0.25, 0.3) is 0 Å². The molecule has 0 amide bonds. The SMILES string of the molecule is CCCC(N)c1nc2c(s1)CN(C(C)C)CC2. The van der Waals surface area contributed by atoms with E-state index in [4.69, 9.17) is 10.7 Å². The van der Waals surface area contributed by atoms with Crippen molar-refractivity contribution in [2.45, 2.75) is 58.7 Å². The van der Waals surface area contributed by atoms with Gasteiger partial charge in [0.2, 0.25) is 0 Å². The molecule has 0 radical (unpaired) electrons. The van der Waals surface area contributed by atoms with Crippen molar-refractivity contribution in [3.8, 4) is 0 Å². The zero-order valence-electron chi connectivity index (χ0n) is 11.1. The molecule has 1 aliphatic heterocycles. The van der Waals surface area contributed by atoms with E-state index in [2.05, 4.69) is 25.7 Å². The Balaban J connectivity index is 2.11. The molecule has 2 N–H and O–H groups in total. The van der Waals surface area contributed by atoms with Gasteiger partial charge in [0.05, 0.1) is 11.7 Å². The Kier molecular flexibility index (Phi) is 4.17. The van der Waals surface area contributed by atoms with Crippen molar-refractivity contribution in [3.05, 3.63) is 15.6 Å².